The molecule has 1 aromatic carbocycles. The standard InChI is InChI=1S/C14H12ClNO3/c1-18-14(17)9-19-13-4-2-3-12(16-13)10-5-7-11(15)8-6-10/h2-8H,9H2,1H3. The van der Waals surface area contributed by atoms with E-state index in [9.17, 15) is 4.79 Å². The highest BCUT2D eigenvalue weighted by Gasteiger charge is 2.05. The summed E-state index contributed by atoms with van der Waals surface area (Å²) >= 11 is 5.83. The van der Waals surface area contributed by atoms with Crippen molar-refractivity contribution >= 4 is 17.6 Å². The predicted octanol–water partition coefficient (Wildman–Crippen LogP) is 2.95. The second-order valence-corrected chi connectivity index (χ2v) is 4.17. The van der Waals surface area contributed by atoms with E-state index in [0.29, 0.717) is 10.9 Å². The van der Waals surface area contributed by atoms with Gasteiger partial charge in [0.25, 0.3) is 0 Å². The van der Waals surface area contributed by atoms with Crippen molar-refractivity contribution in [2.45, 2.75) is 0 Å². The maximum absolute atomic E-state index is 11.0. The molecule has 0 aliphatic heterocycles. The van der Waals surface area contributed by atoms with Crippen LogP contribution in [0.15, 0.2) is 42.5 Å². The summed E-state index contributed by atoms with van der Waals surface area (Å²) in [5, 5.41) is 0.668. The van der Waals surface area contributed by atoms with Crippen LogP contribution in [0.5, 0.6) is 5.88 Å². The molecule has 0 radical (unpaired) electrons. The van der Waals surface area contributed by atoms with Crippen molar-refractivity contribution in [3.63, 3.8) is 0 Å². The highest BCUT2D eigenvalue weighted by atomic mass is 35.5. The molecule has 1 heterocycles. The number of methoxy groups -OCH3 is 1. The Labute approximate surface area is 115 Å². The average Bonchev–Trinajstić information content (AvgIpc) is 2.46. The van der Waals surface area contributed by atoms with Crippen LogP contribution < -0.4 is 4.74 Å². The largest absolute Gasteiger partial charge is 0.466 e. The molecule has 2 rings (SSSR count). The molecule has 0 fully saturated rings. The normalized spacial score (nSPS) is 10.0. The van der Waals surface area contributed by atoms with Gasteiger partial charge in [0.05, 0.1) is 12.8 Å². The average molecular weight is 278 g/mol. The molecule has 0 atom stereocenters. The van der Waals surface area contributed by atoms with E-state index in [1.54, 1.807) is 18.2 Å². The molecule has 0 bridgehead atoms. The highest BCUT2D eigenvalue weighted by Crippen LogP contribution is 2.21. The Balaban J connectivity index is 2.15. The number of nitrogens with zero attached hydrogens (tertiary/aromatic N) is 1. The summed E-state index contributed by atoms with van der Waals surface area (Å²) in [5.41, 5.74) is 1.67. The van der Waals surface area contributed by atoms with Crippen LogP contribution in [0, 0.1) is 0 Å². The minimum Gasteiger partial charge on any atom is -0.466 e. The first-order valence-corrected chi connectivity index (χ1v) is 5.99. The molecule has 0 aliphatic rings. The number of benzene rings is 1. The minimum absolute atomic E-state index is 0.159. The maximum atomic E-state index is 11.0. The van der Waals surface area contributed by atoms with Gasteiger partial charge in [-0.2, -0.15) is 0 Å². The summed E-state index contributed by atoms with van der Waals surface area (Å²) in [6.45, 7) is -0.159. The number of carbonyl (C=O) groups is 1. The Morgan fingerprint density at radius 3 is 2.63 bits per heavy atom. The number of ether oxygens (including phenoxy) is 2. The number of esters is 1. The summed E-state index contributed by atoms with van der Waals surface area (Å²) < 4.78 is 9.73. The second-order valence-electron chi connectivity index (χ2n) is 3.73. The number of hydrogen-bond donors (Lipinski definition) is 0. The number of pyridine rings is 1. The van der Waals surface area contributed by atoms with Crippen molar-refractivity contribution in [2.24, 2.45) is 0 Å². The number of carbonyl (C=O) groups excluding carboxylic acids is 1. The van der Waals surface area contributed by atoms with Crippen molar-refractivity contribution in [3.8, 4) is 17.1 Å². The van der Waals surface area contributed by atoms with Crippen molar-refractivity contribution < 1.29 is 14.3 Å². The maximum Gasteiger partial charge on any atom is 0.343 e. The van der Waals surface area contributed by atoms with Gasteiger partial charge >= 0.3 is 5.97 Å². The molecule has 5 heteroatoms. The molecular weight excluding hydrogens is 266 g/mol. The molecular formula is C14H12ClNO3. The van der Waals surface area contributed by atoms with Crippen molar-refractivity contribution in [1.82, 2.24) is 4.98 Å². The molecule has 0 saturated heterocycles. The fourth-order valence-electron chi connectivity index (χ4n) is 1.47. The highest BCUT2D eigenvalue weighted by molar-refractivity contribution is 6.30. The Bertz CT molecular complexity index is 569. The third-order valence-electron chi connectivity index (χ3n) is 2.43. The molecule has 19 heavy (non-hydrogen) atoms. The lowest BCUT2D eigenvalue weighted by Crippen LogP contribution is -2.13. The Kier molecular flexibility index (Phi) is 4.36. The zero-order chi connectivity index (χ0) is 13.7. The zero-order valence-corrected chi connectivity index (χ0v) is 11.1. The fraction of sp³-hybridized carbons (Fsp3) is 0.143. The van der Waals surface area contributed by atoms with Gasteiger partial charge in [0.2, 0.25) is 5.88 Å². The molecule has 0 unspecified atom stereocenters. The SMILES string of the molecule is COC(=O)COc1cccc(-c2ccc(Cl)cc2)n1. The topological polar surface area (TPSA) is 48.4 Å². The summed E-state index contributed by atoms with van der Waals surface area (Å²) in [4.78, 5) is 15.3. The first kappa shape index (κ1) is 13.4. The lowest BCUT2D eigenvalue weighted by atomic mass is 10.1. The first-order chi connectivity index (χ1) is 9.19. The van der Waals surface area contributed by atoms with E-state index in [1.807, 2.05) is 24.3 Å². The van der Waals surface area contributed by atoms with Crippen LogP contribution in [-0.2, 0) is 9.53 Å². The van der Waals surface area contributed by atoms with E-state index >= 15 is 0 Å². The number of hydrogen-bond acceptors (Lipinski definition) is 4. The third kappa shape index (κ3) is 3.69. The van der Waals surface area contributed by atoms with Gasteiger partial charge in [-0.25, -0.2) is 9.78 Å². The van der Waals surface area contributed by atoms with E-state index in [0.717, 1.165) is 11.3 Å². The molecule has 0 saturated carbocycles. The molecule has 2 aromatic rings. The summed E-state index contributed by atoms with van der Waals surface area (Å²) in [6.07, 6.45) is 0. The van der Waals surface area contributed by atoms with Gasteiger partial charge in [-0.1, -0.05) is 29.8 Å². The van der Waals surface area contributed by atoms with E-state index in [-0.39, 0.29) is 6.61 Å². The smallest absolute Gasteiger partial charge is 0.343 e. The monoisotopic (exact) mass is 277 g/mol. The lowest BCUT2D eigenvalue weighted by molar-refractivity contribution is -0.143. The lowest BCUT2D eigenvalue weighted by Gasteiger charge is -2.06. The Morgan fingerprint density at radius 1 is 1.21 bits per heavy atom. The molecule has 4 nitrogen and oxygen atoms in total. The van der Waals surface area contributed by atoms with Crippen LogP contribution in [0.3, 0.4) is 0 Å². The van der Waals surface area contributed by atoms with Crippen LogP contribution in [0.2, 0.25) is 5.02 Å². The summed E-state index contributed by atoms with van der Waals surface area (Å²) in [5.74, 6) is -0.0726. The molecule has 1 aromatic heterocycles. The van der Waals surface area contributed by atoms with Gasteiger partial charge in [0.15, 0.2) is 6.61 Å². The molecule has 98 valence electrons. The molecule has 0 N–H and O–H groups in total. The van der Waals surface area contributed by atoms with Crippen LogP contribution >= 0.6 is 11.6 Å². The van der Waals surface area contributed by atoms with Gasteiger partial charge in [0, 0.05) is 16.7 Å². The van der Waals surface area contributed by atoms with Gasteiger partial charge < -0.3 is 9.47 Å². The molecule has 0 spiro atoms. The Hall–Kier alpha value is -2.07. The van der Waals surface area contributed by atoms with Gasteiger partial charge in [-0.05, 0) is 18.2 Å². The Morgan fingerprint density at radius 2 is 1.95 bits per heavy atom. The van der Waals surface area contributed by atoms with E-state index in [1.165, 1.54) is 7.11 Å². The van der Waals surface area contributed by atoms with E-state index in [2.05, 4.69) is 9.72 Å². The molecule has 0 amide bonds. The van der Waals surface area contributed by atoms with Gasteiger partial charge in [-0.3, -0.25) is 0 Å². The van der Waals surface area contributed by atoms with Crippen LogP contribution in [0.25, 0.3) is 11.3 Å². The summed E-state index contributed by atoms with van der Waals surface area (Å²) in [7, 11) is 1.31. The number of aromatic nitrogens is 1. The summed E-state index contributed by atoms with van der Waals surface area (Å²) in [6, 6.07) is 12.7. The van der Waals surface area contributed by atoms with Crippen LogP contribution in [0.4, 0.5) is 0 Å². The molecule has 0 aliphatic carbocycles. The van der Waals surface area contributed by atoms with Crippen molar-refractivity contribution in [2.75, 3.05) is 13.7 Å². The zero-order valence-electron chi connectivity index (χ0n) is 10.3. The van der Waals surface area contributed by atoms with Gasteiger partial charge in [0.1, 0.15) is 0 Å². The minimum atomic E-state index is -0.446. The van der Waals surface area contributed by atoms with Gasteiger partial charge in [-0.15, -0.1) is 0 Å². The third-order valence-corrected chi connectivity index (χ3v) is 2.68. The fourth-order valence-corrected chi connectivity index (χ4v) is 1.59. The quantitative estimate of drug-likeness (QED) is 0.806. The first-order valence-electron chi connectivity index (χ1n) is 5.61. The van der Waals surface area contributed by atoms with E-state index < -0.39 is 5.97 Å². The van der Waals surface area contributed by atoms with E-state index in [4.69, 9.17) is 16.3 Å². The van der Waals surface area contributed by atoms with Crippen LogP contribution in [-0.4, -0.2) is 24.7 Å². The van der Waals surface area contributed by atoms with Crippen molar-refractivity contribution in [1.29, 1.82) is 0 Å². The number of halogens is 1. The second kappa shape index (κ2) is 6.20. The van der Waals surface area contributed by atoms with Crippen LogP contribution in [0.1, 0.15) is 0 Å². The number of rotatable bonds is 4. The predicted molar refractivity (Wildman–Crippen MR) is 72.2 cm³/mol. The van der Waals surface area contributed by atoms with Crippen molar-refractivity contribution in [3.05, 3.63) is 47.5 Å².